The number of fused-ring (bicyclic) bond motifs is 1. The highest BCUT2D eigenvalue weighted by atomic mass is 35.5. The van der Waals surface area contributed by atoms with Crippen molar-refractivity contribution in [2.75, 3.05) is 0 Å². The molecule has 0 amide bonds. The molecule has 0 aliphatic carbocycles. The molecule has 0 aliphatic heterocycles. The average Bonchev–Trinajstić information content (AvgIpc) is 2.92. The summed E-state index contributed by atoms with van der Waals surface area (Å²) in [6.45, 7) is 4.01. The lowest BCUT2D eigenvalue weighted by molar-refractivity contribution is 0.411. The number of hydrogen-bond donors (Lipinski definition) is 0. The number of pyridine rings is 1. The second-order valence-corrected chi connectivity index (χ2v) is 5.72. The smallest absolute Gasteiger partial charge is 0.321 e. The number of rotatable bonds is 3. The summed E-state index contributed by atoms with van der Waals surface area (Å²) in [5, 5.41) is 0. The molecule has 7 heteroatoms. The van der Waals surface area contributed by atoms with Crippen molar-refractivity contribution >= 4 is 18.1 Å². The quantitative estimate of drug-likeness (QED) is 0.521. The van der Waals surface area contributed by atoms with E-state index in [9.17, 15) is 4.39 Å². The number of hydrogen-bond acceptors (Lipinski definition) is 4. The Bertz CT molecular complexity index is 1060. The lowest BCUT2D eigenvalue weighted by atomic mass is 10.1. The standard InChI is InChI=1S/C19H15FN4O.ClH/c1-12-13(2)24-11-14(7-8-18(24)23-12)15-9-21-19(22-10-15)25-17-6-4-3-5-16(17)20;/h3-11H,1-2H3;1H. The number of aromatic nitrogens is 4. The third-order valence-electron chi connectivity index (χ3n) is 4.09. The zero-order valence-corrected chi connectivity index (χ0v) is 15.0. The van der Waals surface area contributed by atoms with E-state index in [0.717, 1.165) is 28.2 Å². The first-order chi connectivity index (χ1) is 12.1. The normalized spacial score (nSPS) is 10.6. The minimum Gasteiger partial charge on any atom is -0.421 e. The zero-order valence-electron chi connectivity index (χ0n) is 14.2. The highest BCUT2D eigenvalue weighted by molar-refractivity contribution is 5.85. The van der Waals surface area contributed by atoms with Gasteiger partial charge in [0.15, 0.2) is 11.6 Å². The van der Waals surface area contributed by atoms with Crippen molar-refractivity contribution in [2.24, 2.45) is 0 Å². The van der Waals surface area contributed by atoms with E-state index in [2.05, 4.69) is 15.0 Å². The first-order valence-electron chi connectivity index (χ1n) is 7.82. The maximum atomic E-state index is 13.6. The van der Waals surface area contributed by atoms with Crippen molar-refractivity contribution in [1.29, 1.82) is 0 Å². The van der Waals surface area contributed by atoms with Crippen LogP contribution in [0.1, 0.15) is 11.4 Å². The Hall–Kier alpha value is -2.99. The van der Waals surface area contributed by atoms with Gasteiger partial charge in [0.1, 0.15) is 5.65 Å². The number of nitrogens with zero attached hydrogens (tertiary/aromatic N) is 4. The lowest BCUT2D eigenvalue weighted by Gasteiger charge is -2.06. The molecule has 0 bridgehead atoms. The highest BCUT2D eigenvalue weighted by Gasteiger charge is 2.09. The summed E-state index contributed by atoms with van der Waals surface area (Å²) in [5.41, 5.74) is 4.80. The SMILES string of the molecule is Cc1nc2ccc(-c3cnc(Oc4ccccc4F)nc3)cn2c1C.Cl. The average molecular weight is 371 g/mol. The van der Waals surface area contributed by atoms with Gasteiger partial charge in [-0.05, 0) is 38.1 Å². The molecule has 4 aromatic rings. The van der Waals surface area contributed by atoms with Crippen LogP contribution < -0.4 is 4.74 Å². The van der Waals surface area contributed by atoms with E-state index in [4.69, 9.17) is 4.74 Å². The first-order valence-corrected chi connectivity index (χ1v) is 7.82. The van der Waals surface area contributed by atoms with Crippen LogP contribution in [-0.2, 0) is 0 Å². The van der Waals surface area contributed by atoms with Gasteiger partial charge in [0, 0.05) is 35.4 Å². The number of aryl methyl sites for hydroxylation is 2. The van der Waals surface area contributed by atoms with E-state index in [1.807, 2.05) is 36.6 Å². The number of benzene rings is 1. The highest BCUT2D eigenvalue weighted by Crippen LogP contribution is 2.24. The summed E-state index contributed by atoms with van der Waals surface area (Å²) in [7, 11) is 0. The molecular weight excluding hydrogens is 355 g/mol. The zero-order chi connectivity index (χ0) is 17.4. The van der Waals surface area contributed by atoms with Crippen LogP contribution in [0.25, 0.3) is 16.8 Å². The fraction of sp³-hybridized carbons (Fsp3) is 0.105. The summed E-state index contributed by atoms with van der Waals surface area (Å²) >= 11 is 0. The number of halogens is 2. The number of para-hydroxylation sites is 1. The Labute approximate surface area is 155 Å². The fourth-order valence-corrected chi connectivity index (χ4v) is 2.59. The molecule has 0 saturated carbocycles. The summed E-state index contributed by atoms with van der Waals surface area (Å²) < 4.78 is 21.0. The van der Waals surface area contributed by atoms with Crippen molar-refractivity contribution in [2.45, 2.75) is 13.8 Å². The molecule has 0 saturated heterocycles. The van der Waals surface area contributed by atoms with Crippen LogP contribution in [0, 0.1) is 19.7 Å². The minimum absolute atomic E-state index is 0. The monoisotopic (exact) mass is 370 g/mol. The van der Waals surface area contributed by atoms with Gasteiger partial charge < -0.3 is 9.14 Å². The van der Waals surface area contributed by atoms with Crippen LogP contribution in [0.3, 0.4) is 0 Å². The van der Waals surface area contributed by atoms with E-state index in [1.54, 1.807) is 24.5 Å². The van der Waals surface area contributed by atoms with Gasteiger partial charge in [-0.3, -0.25) is 0 Å². The number of imidazole rings is 1. The van der Waals surface area contributed by atoms with Crippen LogP contribution in [-0.4, -0.2) is 19.4 Å². The maximum Gasteiger partial charge on any atom is 0.321 e. The number of ether oxygens (including phenoxy) is 1. The van der Waals surface area contributed by atoms with Crippen LogP contribution in [0.4, 0.5) is 4.39 Å². The predicted molar refractivity (Wildman–Crippen MR) is 99.4 cm³/mol. The van der Waals surface area contributed by atoms with Gasteiger partial charge in [0.25, 0.3) is 0 Å². The van der Waals surface area contributed by atoms with Crippen LogP contribution in [0.5, 0.6) is 11.8 Å². The molecule has 0 aliphatic rings. The Balaban J connectivity index is 0.00000196. The first kappa shape index (κ1) is 17.8. The molecule has 132 valence electrons. The molecule has 1 aromatic carbocycles. The van der Waals surface area contributed by atoms with Gasteiger partial charge in [-0.2, -0.15) is 0 Å². The van der Waals surface area contributed by atoms with Gasteiger partial charge in [-0.15, -0.1) is 12.4 Å². The third kappa shape index (κ3) is 3.23. The Kier molecular flexibility index (Phi) is 4.86. The summed E-state index contributed by atoms with van der Waals surface area (Å²) in [6.07, 6.45) is 5.31. The van der Waals surface area contributed by atoms with E-state index >= 15 is 0 Å². The van der Waals surface area contributed by atoms with Gasteiger partial charge in [-0.1, -0.05) is 12.1 Å². The van der Waals surface area contributed by atoms with Gasteiger partial charge in [0.2, 0.25) is 0 Å². The second kappa shape index (κ2) is 7.09. The molecule has 0 fully saturated rings. The molecule has 4 rings (SSSR count). The van der Waals surface area contributed by atoms with Crippen molar-refractivity contribution in [3.05, 3.63) is 72.2 Å². The molecule has 26 heavy (non-hydrogen) atoms. The van der Waals surface area contributed by atoms with Crippen LogP contribution in [0.2, 0.25) is 0 Å². The molecule has 5 nitrogen and oxygen atoms in total. The van der Waals surface area contributed by atoms with Gasteiger partial charge in [-0.25, -0.2) is 19.3 Å². The Morgan fingerprint density at radius 2 is 1.69 bits per heavy atom. The fourth-order valence-electron chi connectivity index (χ4n) is 2.59. The van der Waals surface area contributed by atoms with Crippen molar-refractivity contribution in [3.8, 4) is 22.9 Å². The van der Waals surface area contributed by atoms with Crippen molar-refractivity contribution < 1.29 is 9.13 Å². The van der Waals surface area contributed by atoms with E-state index in [-0.39, 0.29) is 24.2 Å². The van der Waals surface area contributed by atoms with Gasteiger partial charge >= 0.3 is 6.01 Å². The molecule has 0 atom stereocenters. The molecule has 0 spiro atoms. The van der Waals surface area contributed by atoms with Crippen molar-refractivity contribution in [1.82, 2.24) is 19.4 Å². The maximum absolute atomic E-state index is 13.6. The lowest BCUT2D eigenvalue weighted by Crippen LogP contribution is -1.95. The Morgan fingerprint density at radius 1 is 0.962 bits per heavy atom. The largest absolute Gasteiger partial charge is 0.421 e. The molecule has 0 unspecified atom stereocenters. The Morgan fingerprint density at radius 3 is 2.42 bits per heavy atom. The summed E-state index contributed by atoms with van der Waals surface area (Å²) in [4.78, 5) is 12.8. The molecule has 3 heterocycles. The topological polar surface area (TPSA) is 52.3 Å². The van der Waals surface area contributed by atoms with Crippen molar-refractivity contribution in [3.63, 3.8) is 0 Å². The van der Waals surface area contributed by atoms with Gasteiger partial charge in [0.05, 0.1) is 5.69 Å². The molecule has 0 N–H and O–H groups in total. The molecular formula is C19H16ClFN4O. The molecule has 0 radical (unpaired) electrons. The third-order valence-corrected chi connectivity index (χ3v) is 4.09. The summed E-state index contributed by atoms with van der Waals surface area (Å²) in [6, 6.07) is 10.2. The van der Waals surface area contributed by atoms with Crippen LogP contribution >= 0.6 is 12.4 Å². The summed E-state index contributed by atoms with van der Waals surface area (Å²) in [5.74, 6) is -0.354. The molecule has 3 aromatic heterocycles. The van der Waals surface area contributed by atoms with E-state index in [1.165, 1.54) is 12.1 Å². The second-order valence-electron chi connectivity index (χ2n) is 5.72. The predicted octanol–water partition coefficient (Wildman–Crippen LogP) is 4.76. The van der Waals surface area contributed by atoms with E-state index in [0.29, 0.717) is 0 Å². The van der Waals surface area contributed by atoms with E-state index < -0.39 is 5.82 Å². The van der Waals surface area contributed by atoms with Crippen LogP contribution in [0.15, 0.2) is 55.0 Å². The minimum atomic E-state index is -0.452.